The first-order valence-corrected chi connectivity index (χ1v) is 3.80. The Bertz CT molecular complexity index is 180. The molecular formula is C7H13NO4. The highest BCUT2D eigenvalue weighted by atomic mass is 16.6. The maximum atomic E-state index is 10.9. The van der Waals surface area contributed by atoms with Crippen molar-refractivity contribution in [3.63, 3.8) is 0 Å². The molecule has 1 unspecified atom stereocenters. The molecule has 0 bridgehead atoms. The number of cyclic esters (lactones) is 1. The van der Waals surface area contributed by atoms with Crippen molar-refractivity contribution in [1.29, 1.82) is 0 Å². The third-order valence-corrected chi connectivity index (χ3v) is 1.72. The number of aliphatic hydroxyl groups excluding tert-OH is 1. The lowest BCUT2D eigenvalue weighted by Crippen LogP contribution is -2.43. The molecule has 0 radical (unpaired) electrons. The summed E-state index contributed by atoms with van der Waals surface area (Å²) in [6.07, 6.45) is -0.427. The van der Waals surface area contributed by atoms with Crippen LogP contribution < -0.4 is 0 Å². The number of hydrogen-bond donors (Lipinski definition) is 2. The molecule has 0 aromatic carbocycles. The lowest BCUT2D eigenvalue weighted by molar-refractivity contribution is -0.0156. The van der Waals surface area contributed by atoms with Gasteiger partial charge in [-0.3, -0.25) is 0 Å². The summed E-state index contributed by atoms with van der Waals surface area (Å²) in [5, 5.41) is 18.1. The zero-order valence-corrected chi connectivity index (χ0v) is 6.99. The number of nitrogens with zero attached hydrogens (tertiary/aromatic N) is 1. The number of ether oxygens (including phenoxy) is 1. The number of amides is 1. The first kappa shape index (κ1) is 9.28. The highest BCUT2D eigenvalue weighted by Crippen LogP contribution is 2.10. The van der Waals surface area contributed by atoms with E-state index in [1.165, 1.54) is 11.8 Å². The molecule has 12 heavy (non-hydrogen) atoms. The Kier molecular flexibility index (Phi) is 2.54. The smallest absolute Gasteiger partial charge is 0.410 e. The van der Waals surface area contributed by atoms with Gasteiger partial charge in [0, 0.05) is 0 Å². The molecule has 1 aliphatic heterocycles. The molecular weight excluding hydrogens is 162 g/mol. The van der Waals surface area contributed by atoms with Crippen molar-refractivity contribution in [1.82, 2.24) is 4.90 Å². The quantitative estimate of drug-likeness (QED) is 0.588. The van der Waals surface area contributed by atoms with Crippen molar-refractivity contribution in [3.05, 3.63) is 0 Å². The van der Waals surface area contributed by atoms with Crippen LogP contribution in [0.3, 0.4) is 0 Å². The minimum Gasteiger partial charge on any atom is -0.448 e. The third-order valence-electron chi connectivity index (χ3n) is 1.72. The first-order valence-electron chi connectivity index (χ1n) is 3.80. The average Bonchev–Trinajstić information content (AvgIpc) is 2.36. The summed E-state index contributed by atoms with van der Waals surface area (Å²) in [5.41, 5.74) is -1.23. The molecule has 2 N–H and O–H groups in total. The van der Waals surface area contributed by atoms with E-state index in [0.29, 0.717) is 13.2 Å². The second kappa shape index (κ2) is 3.28. The molecule has 5 nitrogen and oxygen atoms in total. The summed E-state index contributed by atoms with van der Waals surface area (Å²) in [6.45, 7) is 2.06. The molecule has 5 heteroatoms. The standard InChI is InChI=1S/C7H13NO4/c1-7(11,5-9)4-8-2-3-12-6(8)10/h9,11H,2-5H2,1H3. The minimum atomic E-state index is -1.23. The summed E-state index contributed by atoms with van der Waals surface area (Å²) < 4.78 is 4.65. The van der Waals surface area contributed by atoms with Crippen LogP contribution in [-0.4, -0.2) is 53.1 Å². The Morgan fingerprint density at radius 1 is 1.75 bits per heavy atom. The van der Waals surface area contributed by atoms with E-state index in [1.807, 2.05) is 0 Å². The average molecular weight is 175 g/mol. The summed E-state index contributed by atoms with van der Waals surface area (Å²) in [7, 11) is 0. The topological polar surface area (TPSA) is 70.0 Å². The van der Waals surface area contributed by atoms with Gasteiger partial charge in [0.15, 0.2) is 0 Å². The number of carbonyl (C=O) groups excluding carboxylic acids is 1. The fourth-order valence-corrected chi connectivity index (χ4v) is 1.03. The monoisotopic (exact) mass is 175 g/mol. The van der Waals surface area contributed by atoms with Gasteiger partial charge >= 0.3 is 6.09 Å². The lowest BCUT2D eigenvalue weighted by Gasteiger charge is -2.24. The van der Waals surface area contributed by atoms with Gasteiger partial charge in [0.2, 0.25) is 0 Å². The predicted molar refractivity (Wildman–Crippen MR) is 40.6 cm³/mol. The van der Waals surface area contributed by atoms with Crippen LogP contribution in [0.5, 0.6) is 0 Å². The Balaban J connectivity index is 2.45. The maximum Gasteiger partial charge on any atom is 0.410 e. The van der Waals surface area contributed by atoms with Crippen LogP contribution in [0.1, 0.15) is 6.92 Å². The highest BCUT2D eigenvalue weighted by molar-refractivity contribution is 5.69. The fraction of sp³-hybridized carbons (Fsp3) is 0.857. The molecule has 0 aromatic rings. The first-order chi connectivity index (χ1) is 5.55. The molecule has 0 aliphatic carbocycles. The summed E-state index contributed by atoms with van der Waals surface area (Å²) >= 11 is 0. The van der Waals surface area contributed by atoms with E-state index >= 15 is 0 Å². The predicted octanol–water partition coefficient (Wildman–Crippen LogP) is -0.818. The molecule has 1 heterocycles. The fourth-order valence-electron chi connectivity index (χ4n) is 1.03. The number of β-amino-alcohol motifs (C(OH)–C–C–N with tert-alkyl or cyclic N) is 1. The zero-order valence-electron chi connectivity index (χ0n) is 6.99. The van der Waals surface area contributed by atoms with Crippen molar-refractivity contribution in [2.45, 2.75) is 12.5 Å². The van der Waals surface area contributed by atoms with Crippen molar-refractivity contribution in [2.24, 2.45) is 0 Å². The van der Waals surface area contributed by atoms with Gasteiger partial charge in [-0.05, 0) is 6.92 Å². The number of rotatable bonds is 3. The van der Waals surface area contributed by atoms with E-state index < -0.39 is 11.7 Å². The number of aliphatic hydroxyl groups is 2. The van der Waals surface area contributed by atoms with Crippen molar-refractivity contribution >= 4 is 6.09 Å². The Morgan fingerprint density at radius 2 is 2.42 bits per heavy atom. The Morgan fingerprint density at radius 3 is 2.83 bits per heavy atom. The second-order valence-electron chi connectivity index (χ2n) is 3.19. The van der Waals surface area contributed by atoms with Gasteiger partial charge in [-0.25, -0.2) is 4.79 Å². The van der Waals surface area contributed by atoms with Gasteiger partial charge in [-0.15, -0.1) is 0 Å². The van der Waals surface area contributed by atoms with Gasteiger partial charge in [-0.1, -0.05) is 0 Å². The molecule has 1 aliphatic rings. The highest BCUT2D eigenvalue weighted by Gasteiger charge is 2.29. The molecule has 0 saturated carbocycles. The van der Waals surface area contributed by atoms with Crippen LogP contribution in [0.25, 0.3) is 0 Å². The Labute approximate surface area is 70.5 Å². The van der Waals surface area contributed by atoms with Gasteiger partial charge in [0.25, 0.3) is 0 Å². The number of carbonyl (C=O) groups is 1. The summed E-state index contributed by atoms with van der Waals surface area (Å²) in [5.74, 6) is 0. The van der Waals surface area contributed by atoms with E-state index in [0.717, 1.165) is 0 Å². The molecule has 70 valence electrons. The molecule has 1 atom stereocenters. The molecule has 1 rings (SSSR count). The van der Waals surface area contributed by atoms with Crippen LogP contribution in [0, 0.1) is 0 Å². The van der Waals surface area contributed by atoms with Gasteiger partial charge in [0.1, 0.15) is 12.2 Å². The molecule has 1 fully saturated rings. The Hall–Kier alpha value is -0.810. The van der Waals surface area contributed by atoms with E-state index in [2.05, 4.69) is 4.74 Å². The van der Waals surface area contributed by atoms with E-state index in [4.69, 9.17) is 5.11 Å². The van der Waals surface area contributed by atoms with Gasteiger partial charge in [0.05, 0.1) is 19.7 Å². The summed E-state index contributed by atoms with van der Waals surface area (Å²) in [6, 6.07) is 0. The van der Waals surface area contributed by atoms with Crippen LogP contribution in [0.15, 0.2) is 0 Å². The van der Waals surface area contributed by atoms with Crippen LogP contribution in [-0.2, 0) is 4.74 Å². The normalized spacial score (nSPS) is 22.2. The SMILES string of the molecule is CC(O)(CO)CN1CCOC1=O. The molecule has 1 saturated heterocycles. The van der Waals surface area contributed by atoms with Crippen molar-refractivity contribution < 1.29 is 19.7 Å². The number of hydrogen-bond acceptors (Lipinski definition) is 4. The van der Waals surface area contributed by atoms with E-state index in [9.17, 15) is 9.90 Å². The van der Waals surface area contributed by atoms with Crippen LogP contribution in [0.2, 0.25) is 0 Å². The van der Waals surface area contributed by atoms with Crippen LogP contribution >= 0.6 is 0 Å². The van der Waals surface area contributed by atoms with Gasteiger partial charge in [-0.2, -0.15) is 0 Å². The van der Waals surface area contributed by atoms with Crippen LogP contribution in [0.4, 0.5) is 4.79 Å². The molecule has 1 amide bonds. The summed E-state index contributed by atoms with van der Waals surface area (Å²) in [4.78, 5) is 12.3. The lowest BCUT2D eigenvalue weighted by atomic mass is 10.1. The minimum absolute atomic E-state index is 0.113. The zero-order chi connectivity index (χ0) is 9.19. The molecule has 0 aromatic heterocycles. The second-order valence-corrected chi connectivity index (χ2v) is 3.19. The third kappa shape index (κ3) is 2.09. The molecule has 0 spiro atoms. The largest absolute Gasteiger partial charge is 0.448 e. The van der Waals surface area contributed by atoms with Crippen molar-refractivity contribution in [3.8, 4) is 0 Å². The maximum absolute atomic E-state index is 10.9. The van der Waals surface area contributed by atoms with E-state index in [1.54, 1.807) is 0 Å². The van der Waals surface area contributed by atoms with Gasteiger partial charge < -0.3 is 19.8 Å². The van der Waals surface area contributed by atoms with E-state index in [-0.39, 0.29) is 13.2 Å². The van der Waals surface area contributed by atoms with Crippen molar-refractivity contribution in [2.75, 3.05) is 26.3 Å².